The summed E-state index contributed by atoms with van der Waals surface area (Å²) < 4.78 is 13.3. The van der Waals surface area contributed by atoms with Gasteiger partial charge >= 0.3 is 11.8 Å². The molecule has 1 fully saturated rings. The first kappa shape index (κ1) is 18.9. The minimum atomic E-state index is -0.801. The molecule has 1 aromatic carbocycles. The third-order valence-electron chi connectivity index (χ3n) is 4.22. The van der Waals surface area contributed by atoms with E-state index < -0.39 is 17.6 Å². The maximum Gasteiger partial charge on any atom is 0.313 e. The summed E-state index contributed by atoms with van der Waals surface area (Å²) in [6.45, 7) is 6.08. The van der Waals surface area contributed by atoms with E-state index in [1.165, 1.54) is 23.1 Å². The molecule has 0 bridgehead atoms. The number of piperidine rings is 1. The Morgan fingerprint density at radius 1 is 1.28 bits per heavy atom. The number of nitrogens with zero attached hydrogens (tertiary/aromatic N) is 1. The molecule has 0 radical (unpaired) electrons. The zero-order valence-corrected chi connectivity index (χ0v) is 14.8. The Morgan fingerprint density at radius 2 is 2.00 bits per heavy atom. The van der Waals surface area contributed by atoms with Crippen molar-refractivity contribution in [3.63, 3.8) is 0 Å². The van der Waals surface area contributed by atoms with Gasteiger partial charge < -0.3 is 15.5 Å². The predicted molar refractivity (Wildman–Crippen MR) is 92.3 cm³/mol. The number of nitrogens with one attached hydrogen (secondary N) is 2. The minimum absolute atomic E-state index is 0.0702. The second-order valence-electron chi connectivity index (χ2n) is 6.67. The monoisotopic (exact) mass is 349 g/mol. The molecule has 3 amide bonds. The van der Waals surface area contributed by atoms with Gasteiger partial charge in [-0.05, 0) is 37.5 Å². The Hall–Kier alpha value is -2.44. The quantitative estimate of drug-likeness (QED) is 0.817. The molecule has 2 N–H and O–H groups in total. The van der Waals surface area contributed by atoms with Crippen LogP contribution in [0.25, 0.3) is 0 Å². The molecule has 1 atom stereocenters. The molecule has 25 heavy (non-hydrogen) atoms. The van der Waals surface area contributed by atoms with E-state index in [2.05, 4.69) is 10.6 Å². The average Bonchev–Trinajstić information content (AvgIpc) is 2.57. The summed E-state index contributed by atoms with van der Waals surface area (Å²) in [7, 11) is 0. The van der Waals surface area contributed by atoms with Crippen LogP contribution in [0.3, 0.4) is 0 Å². The number of aryl methyl sites for hydroxylation is 1. The Kier molecular flexibility index (Phi) is 6.12. The SMILES string of the molecule is Cc1ccc(F)cc1NC(=O)C(=O)N1CCC[C@@H](NC(=O)C(C)C)C1. The van der Waals surface area contributed by atoms with Gasteiger partial charge in [-0.3, -0.25) is 14.4 Å². The number of hydrogen-bond donors (Lipinski definition) is 2. The summed E-state index contributed by atoms with van der Waals surface area (Å²) in [4.78, 5) is 37.8. The van der Waals surface area contributed by atoms with E-state index in [1.54, 1.807) is 20.8 Å². The number of halogens is 1. The Bertz CT molecular complexity index is 676. The van der Waals surface area contributed by atoms with Gasteiger partial charge in [0.25, 0.3) is 0 Å². The number of anilines is 1. The lowest BCUT2D eigenvalue weighted by atomic mass is 10.0. The molecule has 1 aliphatic rings. The molecule has 6 nitrogen and oxygen atoms in total. The molecule has 1 aliphatic heterocycles. The number of carbonyl (C=O) groups is 3. The Labute approximate surface area is 146 Å². The maximum absolute atomic E-state index is 13.3. The lowest BCUT2D eigenvalue weighted by molar-refractivity contribution is -0.144. The van der Waals surface area contributed by atoms with Gasteiger partial charge in [-0.15, -0.1) is 0 Å². The van der Waals surface area contributed by atoms with Crippen LogP contribution >= 0.6 is 0 Å². The number of carbonyl (C=O) groups excluding carboxylic acids is 3. The molecule has 136 valence electrons. The first-order valence-corrected chi connectivity index (χ1v) is 8.44. The summed E-state index contributed by atoms with van der Waals surface area (Å²) in [6.07, 6.45) is 1.48. The van der Waals surface area contributed by atoms with Crippen LogP contribution in [0.15, 0.2) is 18.2 Å². The summed E-state index contributed by atoms with van der Waals surface area (Å²) in [5.74, 6) is -2.16. The van der Waals surface area contributed by atoms with E-state index in [1.807, 2.05) is 0 Å². The highest BCUT2D eigenvalue weighted by Crippen LogP contribution is 2.17. The first-order valence-electron chi connectivity index (χ1n) is 8.44. The van der Waals surface area contributed by atoms with Crippen LogP contribution in [0.2, 0.25) is 0 Å². The van der Waals surface area contributed by atoms with Crippen molar-refractivity contribution in [1.82, 2.24) is 10.2 Å². The molecule has 0 aliphatic carbocycles. The fourth-order valence-electron chi connectivity index (χ4n) is 2.70. The van der Waals surface area contributed by atoms with Crippen LogP contribution in [-0.2, 0) is 14.4 Å². The van der Waals surface area contributed by atoms with E-state index in [0.29, 0.717) is 25.1 Å². The maximum atomic E-state index is 13.3. The van der Waals surface area contributed by atoms with Crippen molar-refractivity contribution in [3.05, 3.63) is 29.6 Å². The van der Waals surface area contributed by atoms with Crippen molar-refractivity contribution in [2.24, 2.45) is 5.92 Å². The van der Waals surface area contributed by atoms with Crippen LogP contribution in [0.4, 0.5) is 10.1 Å². The van der Waals surface area contributed by atoms with E-state index >= 15 is 0 Å². The fraction of sp³-hybridized carbons (Fsp3) is 0.500. The van der Waals surface area contributed by atoms with Gasteiger partial charge in [-0.25, -0.2) is 4.39 Å². The van der Waals surface area contributed by atoms with Crippen LogP contribution < -0.4 is 10.6 Å². The molecule has 0 saturated carbocycles. The van der Waals surface area contributed by atoms with Gasteiger partial charge in [0.2, 0.25) is 5.91 Å². The van der Waals surface area contributed by atoms with Crippen molar-refractivity contribution in [2.45, 2.75) is 39.7 Å². The van der Waals surface area contributed by atoms with Crippen LogP contribution in [0, 0.1) is 18.7 Å². The fourth-order valence-corrected chi connectivity index (χ4v) is 2.70. The van der Waals surface area contributed by atoms with Gasteiger partial charge in [0, 0.05) is 30.7 Å². The molecule has 1 saturated heterocycles. The normalized spacial score (nSPS) is 17.3. The smallest absolute Gasteiger partial charge is 0.313 e. The topological polar surface area (TPSA) is 78.5 Å². The standard InChI is InChI=1S/C18H24FN3O3/c1-11(2)16(23)20-14-5-4-8-22(10-14)18(25)17(24)21-15-9-13(19)7-6-12(15)3/h6-7,9,11,14H,4-5,8,10H2,1-3H3,(H,20,23)(H,21,24)/t14-/m1/s1. The molecule has 0 unspecified atom stereocenters. The molecule has 0 spiro atoms. The third-order valence-corrected chi connectivity index (χ3v) is 4.22. The average molecular weight is 349 g/mol. The molecular weight excluding hydrogens is 325 g/mol. The molecule has 7 heteroatoms. The van der Waals surface area contributed by atoms with Gasteiger partial charge in [0.15, 0.2) is 0 Å². The van der Waals surface area contributed by atoms with E-state index in [9.17, 15) is 18.8 Å². The van der Waals surface area contributed by atoms with Crippen molar-refractivity contribution in [1.29, 1.82) is 0 Å². The highest BCUT2D eigenvalue weighted by Gasteiger charge is 2.29. The molecule has 1 heterocycles. The van der Waals surface area contributed by atoms with E-state index in [-0.39, 0.29) is 23.6 Å². The summed E-state index contributed by atoms with van der Waals surface area (Å²) in [5, 5.41) is 5.36. The van der Waals surface area contributed by atoms with Crippen LogP contribution in [-0.4, -0.2) is 41.8 Å². The van der Waals surface area contributed by atoms with Gasteiger partial charge in [-0.2, -0.15) is 0 Å². The summed E-state index contributed by atoms with van der Waals surface area (Å²) in [5.41, 5.74) is 0.947. The number of hydrogen-bond acceptors (Lipinski definition) is 3. The Balaban J connectivity index is 1.98. The second kappa shape index (κ2) is 8.09. The summed E-state index contributed by atoms with van der Waals surface area (Å²) in [6, 6.07) is 3.85. The zero-order chi connectivity index (χ0) is 18.6. The van der Waals surface area contributed by atoms with Crippen molar-refractivity contribution in [3.8, 4) is 0 Å². The lowest BCUT2D eigenvalue weighted by Gasteiger charge is -2.33. The number of amides is 3. The largest absolute Gasteiger partial charge is 0.351 e. The summed E-state index contributed by atoms with van der Waals surface area (Å²) >= 11 is 0. The lowest BCUT2D eigenvalue weighted by Crippen LogP contribution is -2.52. The highest BCUT2D eigenvalue weighted by molar-refractivity contribution is 6.39. The molecule has 1 aromatic rings. The zero-order valence-electron chi connectivity index (χ0n) is 14.8. The van der Waals surface area contributed by atoms with Crippen molar-refractivity contribution < 1.29 is 18.8 Å². The first-order chi connectivity index (χ1) is 11.8. The van der Waals surface area contributed by atoms with E-state index in [0.717, 1.165) is 6.42 Å². The van der Waals surface area contributed by atoms with Crippen LogP contribution in [0.1, 0.15) is 32.3 Å². The van der Waals surface area contributed by atoms with E-state index in [4.69, 9.17) is 0 Å². The molecule has 0 aromatic heterocycles. The predicted octanol–water partition coefficient (Wildman–Crippen LogP) is 1.84. The number of likely N-dealkylation sites (tertiary alicyclic amines) is 1. The molecule has 2 rings (SSSR count). The third kappa shape index (κ3) is 5.01. The van der Waals surface area contributed by atoms with Gasteiger partial charge in [0.05, 0.1) is 0 Å². The molecular formula is C18H24FN3O3. The van der Waals surface area contributed by atoms with Crippen molar-refractivity contribution >= 4 is 23.4 Å². The van der Waals surface area contributed by atoms with Crippen LogP contribution in [0.5, 0.6) is 0 Å². The van der Waals surface area contributed by atoms with Crippen molar-refractivity contribution in [2.75, 3.05) is 18.4 Å². The Morgan fingerprint density at radius 3 is 2.68 bits per heavy atom. The number of benzene rings is 1. The minimum Gasteiger partial charge on any atom is -0.351 e. The highest BCUT2D eigenvalue weighted by atomic mass is 19.1. The van der Waals surface area contributed by atoms with Gasteiger partial charge in [0.1, 0.15) is 5.82 Å². The van der Waals surface area contributed by atoms with Gasteiger partial charge in [-0.1, -0.05) is 19.9 Å². The second-order valence-corrected chi connectivity index (χ2v) is 6.67. The number of rotatable bonds is 3.